The van der Waals surface area contributed by atoms with Crippen molar-refractivity contribution in [3.05, 3.63) is 24.2 Å². The van der Waals surface area contributed by atoms with Crippen molar-refractivity contribution in [2.75, 3.05) is 13.6 Å². The summed E-state index contributed by atoms with van der Waals surface area (Å²) in [6, 6.07) is 4.15. The van der Waals surface area contributed by atoms with Gasteiger partial charge in [-0.25, -0.2) is 0 Å². The number of carbonyl (C=O) groups excluding carboxylic acids is 1. The first-order chi connectivity index (χ1) is 6.81. The fraction of sp³-hybridized carbons (Fsp3) is 0.545. The molecule has 3 heteroatoms. The minimum absolute atomic E-state index is 0.196. The predicted octanol–water partition coefficient (Wildman–Crippen LogP) is 1.86. The lowest BCUT2D eigenvalue weighted by atomic mass is 9.91. The lowest BCUT2D eigenvalue weighted by Gasteiger charge is -2.33. The van der Waals surface area contributed by atoms with Gasteiger partial charge in [0, 0.05) is 5.92 Å². The highest BCUT2D eigenvalue weighted by atomic mass is 16.3. The summed E-state index contributed by atoms with van der Waals surface area (Å²) < 4.78 is 5.38. The number of aldehydes is 1. The van der Waals surface area contributed by atoms with Crippen LogP contribution in [0.15, 0.2) is 22.8 Å². The number of furan rings is 1. The summed E-state index contributed by atoms with van der Waals surface area (Å²) in [7, 11) is 2.08. The Morgan fingerprint density at radius 2 is 2.50 bits per heavy atom. The lowest BCUT2D eigenvalue weighted by Crippen LogP contribution is -2.34. The van der Waals surface area contributed by atoms with E-state index in [0.29, 0.717) is 0 Å². The molecular weight excluding hydrogens is 178 g/mol. The van der Waals surface area contributed by atoms with Crippen molar-refractivity contribution in [2.45, 2.75) is 18.9 Å². The zero-order valence-electron chi connectivity index (χ0n) is 8.35. The Kier molecular flexibility index (Phi) is 2.68. The van der Waals surface area contributed by atoms with Gasteiger partial charge in [-0.1, -0.05) is 0 Å². The first kappa shape index (κ1) is 9.46. The molecule has 0 spiro atoms. The van der Waals surface area contributed by atoms with Crippen LogP contribution >= 0.6 is 0 Å². The molecule has 0 amide bonds. The monoisotopic (exact) mass is 193 g/mol. The van der Waals surface area contributed by atoms with Crippen LogP contribution in [0.3, 0.4) is 0 Å². The first-order valence-electron chi connectivity index (χ1n) is 5.00. The Balaban J connectivity index is 2.12. The van der Waals surface area contributed by atoms with Gasteiger partial charge in [-0.05, 0) is 38.6 Å². The van der Waals surface area contributed by atoms with Crippen molar-refractivity contribution in [2.24, 2.45) is 5.92 Å². The number of nitrogens with zero attached hydrogens (tertiary/aromatic N) is 1. The van der Waals surface area contributed by atoms with Crippen molar-refractivity contribution in [3.8, 4) is 0 Å². The van der Waals surface area contributed by atoms with Crippen molar-refractivity contribution < 1.29 is 9.21 Å². The highest BCUT2D eigenvalue weighted by Crippen LogP contribution is 2.32. The summed E-state index contributed by atoms with van der Waals surface area (Å²) in [5.41, 5.74) is 0. The number of piperidine rings is 1. The molecule has 0 aromatic carbocycles. The van der Waals surface area contributed by atoms with Gasteiger partial charge in [-0.15, -0.1) is 0 Å². The molecule has 1 aromatic heterocycles. The molecule has 0 N–H and O–H groups in total. The van der Waals surface area contributed by atoms with Crippen molar-refractivity contribution in [1.82, 2.24) is 4.90 Å². The average molecular weight is 193 g/mol. The maximum atomic E-state index is 10.7. The van der Waals surface area contributed by atoms with Gasteiger partial charge in [-0.3, -0.25) is 4.90 Å². The van der Waals surface area contributed by atoms with E-state index in [1.165, 1.54) is 0 Å². The van der Waals surface area contributed by atoms with Crippen LogP contribution in [0.2, 0.25) is 0 Å². The van der Waals surface area contributed by atoms with Gasteiger partial charge >= 0.3 is 0 Å². The van der Waals surface area contributed by atoms with Gasteiger partial charge in [0.15, 0.2) is 0 Å². The molecule has 1 saturated heterocycles. The molecule has 1 fully saturated rings. The van der Waals surface area contributed by atoms with E-state index < -0.39 is 0 Å². The SMILES string of the molecule is CN1CCC(C=O)CC1c1ccco1. The van der Waals surface area contributed by atoms with Crippen LogP contribution < -0.4 is 0 Å². The Morgan fingerprint density at radius 1 is 1.64 bits per heavy atom. The molecule has 3 nitrogen and oxygen atoms in total. The van der Waals surface area contributed by atoms with E-state index in [2.05, 4.69) is 11.9 Å². The van der Waals surface area contributed by atoms with Crippen molar-refractivity contribution in [1.29, 1.82) is 0 Å². The highest BCUT2D eigenvalue weighted by molar-refractivity contribution is 5.53. The van der Waals surface area contributed by atoms with Crippen LogP contribution in [0.5, 0.6) is 0 Å². The van der Waals surface area contributed by atoms with Gasteiger partial charge in [-0.2, -0.15) is 0 Å². The molecular formula is C11H15NO2. The third-order valence-corrected chi connectivity index (χ3v) is 2.97. The molecule has 76 valence electrons. The van der Waals surface area contributed by atoms with Gasteiger partial charge in [0.05, 0.1) is 12.3 Å². The third-order valence-electron chi connectivity index (χ3n) is 2.97. The maximum absolute atomic E-state index is 10.7. The summed E-state index contributed by atoms with van der Waals surface area (Å²) >= 11 is 0. The highest BCUT2D eigenvalue weighted by Gasteiger charge is 2.28. The van der Waals surface area contributed by atoms with E-state index in [0.717, 1.165) is 31.4 Å². The van der Waals surface area contributed by atoms with Crippen molar-refractivity contribution >= 4 is 6.29 Å². The smallest absolute Gasteiger partial charge is 0.123 e. The van der Waals surface area contributed by atoms with Crippen LogP contribution in [-0.4, -0.2) is 24.8 Å². The molecule has 2 atom stereocenters. The molecule has 0 bridgehead atoms. The molecule has 1 aliphatic rings. The van der Waals surface area contributed by atoms with E-state index in [9.17, 15) is 4.79 Å². The summed E-state index contributed by atoms with van der Waals surface area (Å²) in [4.78, 5) is 13.0. The van der Waals surface area contributed by atoms with Crippen molar-refractivity contribution in [3.63, 3.8) is 0 Å². The molecule has 2 heterocycles. The standard InChI is InChI=1S/C11H15NO2/c1-12-5-4-9(8-13)7-10(12)11-3-2-6-14-11/h2-3,6,8-10H,4-5,7H2,1H3. The molecule has 14 heavy (non-hydrogen) atoms. The van der Waals surface area contributed by atoms with Gasteiger partial charge < -0.3 is 9.21 Å². The molecule has 2 unspecified atom stereocenters. The van der Waals surface area contributed by atoms with E-state index in [1.807, 2.05) is 12.1 Å². The molecule has 1 aliphatic heterocycles. The quantitative estimate of drug-likeness (QED) is 0.672. The molecule has 0 radical (unpaired) electrons. The summed E-state index contributed by atoms with van der Waals surface area (Å²) in [6.07, 6.45) is 4.61. The first-order valence-corrected chi connectivity index (χ1v) is 5.00. The fourth-order valence-electron chi connectivity index (χ4n) is 2.05. The van der Waals surface area contributed by atoms with Gasteiger partial charge in [0.2, 0.25) is 0 Å². The Bertz CT molecular complexity index is 294. The van der Waals surface area contributed by atoms with Crippen LogP contribution in [-0.2, 0) is 4.79 Å². The van der Waals surface area contributed by atoms with Crippen LogP contribution in [0, 0.1) is 5.92 Å². The Labute approximate surface area is 83.7 Å². The number of carbonyl (C=O) groups is 1. The van der Waals surface area contributed by atoms with Gasteiger partial charge in [0.1, 0.15) is 12.0 Å². The largest absolute Gasteiger partial charge is 0.468 e. The second kappa shape index (κ2) is 3.96. The van der Waals surface area contributed by atoms with E-state index in [4.69, 9.17) is 4.42 Å². The lowest BCUT2D eigenvalue weighted by molar-refractivity contribution is -0.113. The second-order valence-corrected chi connectivity index (χ2v) is 3.93. The molecule has 1 aromatic rings. The Morgan fingerprint density at radius 3 is 3.14 bits per heavy atom. The van der Waals surface area contributed by atoms with Gasteiger partial charge in [0.25, 0.3) is 0 Å². The normalized spacial score (nSPS) is 28.9. The molecule has 0 aliphatic carbocycles. The van der Waals surface area contributed by atoms with Crippen LogP contribution in [0.4, 0.5) is 0 Å². The second-order valence-electron chi connectivity index (χ2n) is 3.93. The average Bonchev–Trinajstić information content (AvgIpc) is 2.71. The van der Waals surface area contributed by atoms with Crippen LogP contribution in [0.1, 0.15) is 24.6 Å². The Hall–Kier alpha value is -1.09. The predicted molar refractivity (Wildman–Crippen MR) is 52.9 cm³/mol. The van der Waals surface area contributed by atoms with E-state index in [-0.39, 0.29) is 12.0 Å². The van der Waals surface area contributed by atoms with Crippen LogP contribution in [0.25, 0.3) is 0 Å². The number of likely N-dealkylation sites (tertiary alicyclic amines) is 1. The summed E-state index contributed by atoms with van der Waals surface area (Å²) in [5, 5.41) is 0. The van der Waals surface area contributed by atoms with E-state index in [1.54, 1.807) is 6.26 Å². The minimum atomic E-state index is 0.196. The zero-order chi connectivity index (χ0) is 9.97. The number of hydrogen-bond donors (Lipinski definition) is 0. The molecule has 0 saturated carbocycles. The fourth-order valence-corrected chi connectivity index (χ4v) is 2.05. The molecule has 2 rings (SSSR count). The number of hydrogen-bond acceptors (Lipinski definition) is 3. The topological polar surface area (TPSA) is 33.5 Å². The minimum Gasteiger partial charge on any atom is -0.468 e. The third kappa shape index (κ3) is 1.73. The number of rotatable bonds is 2. The summed E-state index contributed by atoms with van der Waals surface area (Å²) in [5.74, 6) is 1.17. The summed E-state index contributed by atoms with van der Waals surface area (Å²) in [6.45, 7) is 0.967. The maximum Gasteiger partial charge on any atom is 0.123 e. The zero-order valence-corrected chi connectivity index (χ0v) is 8.35. The van der Waals surface area contributed by atoms with E-state index >= 15 is 0 Å².